The van der Waals surface area contributed by atoms with Gasteiger partial charge in [0.25, 0.3) is 5.69 Å². The third-order valence-corrected chi connectivity index (χ3v) is 2.73. The Morgan fingerprint density at radius 1 is 1.10 bits per heavy atom. The zero-order valence-electron chi connectivity index (χ0n) is 11.0. The van der Waals surface area contributed by atoms with Crippen molar-refractivity contribution in [1.82, 2.24) is 0 Å². The molecule has 8 heteroatoms. The average Bonchev–Trinajstić information content (AvgIpc) is 2.40. The van der Waals surface area contributed by atoms with Gasteiger partial charge in [0, 0.05) is 23.9 Å². The normalized spacial score (nSPS) is 10.1. The molecule has 2 aromatic carbocycles. The van der Waals surface area contributed by atoms with Crippen molar-refractivity contribution in [1.29, 1.82) is 0 Å². The van der Waals surface area contributed by atoms with Crippen molar-refractivity contribution >= 4 is 17.1 Å². The van der Waals surface area contributed by atoms with E-state index in [0.717, 1.165) is 6.07 Å². The molecule has 21 heavy (non-hydrogen) atoms. The van der Waals surface area contributed by atoms with Gasteiger partial charge in [-0.3, -0.25) is 20.2 Å². The highest BCUT2D eigenvalue weighted by atomic mass is 16.6. The Hall–Kier alpha value is -3.16. The first-order valence-electron chi connectivity index (χ1n) is 5.85. The summed E-state index contributed by atoms with van der Waals surface area (Å²) in [6, 6.07) is 8.17. The highest BCUT2D eigenvalue weighted by Gasteiger charge is 2.19. The number of anilines is 1. The number of hydrogen-bond donors (Lipinski definition) is 1. The Morgan fingerprint density at radius 3 is 2.43 bits per heavy atom. The largest absolute Gasteiger partial charge is 0.449 e. The number of ether oxygens (including phenoxy) is 1. The van der Waals surface area contributed by atoms with E-state index in [1.165, 1.54) is 24.3 Å². The van der Waals surface area contributed by atoms with E-state index in [0.29, 0.717) is 5.56 Å². The second-order valence-corrected chi connectivity index (χ2v) is 4.30. The van der Waals surface area contributed by atoms with Gasteiger partial charge in [-0.1, -0.05) is 12.1 Å². The minimum absolute atomic E-state index is 0.0300. The summed E-state index contributed by atoms with van der Waals surface area (Å²) in [7, 11) is 0. The number of nitrogens with zero attached hydrogens (tertiary/aromatic N) is 2. The van der Waals surface area contributed by atoms with Crippen molar-refractivity contribution < 1.29 is 14.6 Å². The first-order valence-corrected chi connectivity index (χ1v) is 5.85. The lowest BCUT2D eigenvalue weighted by molar-refractivity contribution is -0.386. The van der Waals surface area contributed by atoms with Gasteiger partial charge in [-0.15, -0.1) is 0 Å². The van der Waals surface area contributed by atoms with Gasteiger partial charge in [-0.25, -0.2) is 0 Å². The maximum Gasteiger partial charge on any atom is 0.311 e. The van der Waals surface area contributed by atoms with Gasteiger partial charge < -0.3 is 10.5 Å². The molecule has 0 unspecified atom stereocenters. The van der Waals surface area contributed by atoms with E-state index < -0.39 is 9.85 Å². The molecule has 0 aliphatic carbocycles. The molecule has 0 fully saturated rings. The molecule has 108 valence electrons. The topological polar surface area (TPSA) is 122 Å². The zero-order chi connectivity index (χ0) is 15.6. The van der Waals surface area contributed by atoms with Crippen LogP contribution in [0.5, 0.6) is 11.5 Å². The number of nitro benzene ring substituents is 2. The van der Waals surface area contributed by atoms with Crippen LogP contribution < -0.4 is 10.5 Å². The van der Waals surface area contributed by atoms with Crippen molar-refractivity contribution in [3.05, 3.63) is 62.2 Å². The molecule has 2 N–H and O–H groups in total. The molecule has 8 nitrogen and oxygen atoms in total. The van der Waals surface area contributed by atoms with Crippen LogP contribution in [-0.4, -0.2) is 9.85 Å². The monoisotopic (exact) mass is 289 g/mol. The summed E-state index contributed by atoms with van der Waals surface area (Å²) in [5.41, 5.74) is 5.77. The van der Waals surface area contributed by atoms with Crippen LogP contribution in [0.4, 0.5) is 17.1 Å². The van der Waals surface area contributed by atoms with Crippen LogP contribution >= 0.6 is 0 Å². The Labute approximate surface area is 119 Å². The molecule has 0 amide bonds. The number of para-hydroxylation sites is 1. The van der Waals surface area contributed by atoms with Crippen LogP contribution in [0.25, 0.3) is 0 Å². The van der Waals surface area contributed by atoms with E-state index in [9.17, 15) is 20.2 Å². The van der Waals surface area contributed by atoms with E-state index in [1.54, 1.807) is 13.0 Å². The third-order valence-electron chi connectivity index (χ3n) is 2.73. The number of nitro groups is 2. The predicted molar refractivity (Wildman–Crippen MR) is 75.4 cm³/mol. The van der Waals surface area contributed by atoms with Gasteiger partial charge in [0.1, 0.15) is 5.75 Å². The summed E-state index contributed by atoms with van der Waals surface area (Å²) in [4.78, 5) is 20.6. The number of benzene rings is 2. The molecule has 0 atom stereocenters. The number of nitrogens with two attached hydrogens (primary N) is 1. The summed E-state index contributed by atoms with van der Waals surface area (Å²) in [6.45, 7) is 1.64. The maximum atomic E-state index is 11.0. The SMILES string of the molecule is Cc1cccc([N+](=O)[O-])c1Oc1cc(N)cc([N+](=O)[O-])c1. The molecule has 0 aliphatic heterocycles. The van der Waals surface area contributed by atoms with Gasteiger partial charge in [0.15, 0.2) is 0 Å². The minimum Gasteiger partial charge on any atom is -0.449 e. The highest BCUT2D eigenvalue weighted by Crippen LogP contribution is 2.36. The van der Waals surface area contributed by atoms with E-state index in [2.05, 4.69) is 0 Å². The first-order chi connectivity index (χ1) is 9.88. The summed E-state index contributed by atoms with van der Waals surface area (Å²) >= 11 is 0. The van der Waals surface area contributed by atoms with Crippen molar-refractivity contribution in [2.24, 2.45) is 0 Å². The molecule has 0 aliphatic rings. The Kier molecular flexibility index (Phi) is 3.70. The lowest BCUT2D eigenvalue weighted by Crippen LogP contribution is -1.97. The molecule has 0 heterocycles. The van der Waals surface area contributed by atoms with Gasteiger partial charge in [-0.05, 0) is 12.5 Å². The van der Waals surface area contributed by atoms with E-state index in [-0.39, 0.29) is 28.6 Å². The molecular weight excluding hydrogens is 278 g/mol. The molecule has 2 aromatic rings. The Bertz CT molecular complexity index is 730. The second-order valence-electron chi connectivity index (χ2n) is 4.30. The van der Waals surface area contributed by atoms with E-state index in [4.69, 9.17) is 10.5 Å². The smallest absolute Gasteiger partial charge is 0.311 e. The Morgan fingerprint density at radius 2 is 1.81 bits per heavy atom. The van der Waals surface area contributed by atoms with Gasteiger partial charge in [-0.2, -0.15) is 0 Å². The fraction of sp³-hybridized carbons (Fsp3) is 0.0769. The van der Waals surface area contributed by atoms with Crippen LogP contribution in [0.15, 0.2) is 36.4 Å². The number of nitrogen functional groups attached to an aromatic ring is 1. The van der Waals surface area contributed by atoms with Crippen LogP contribution in [0.3, 0.4) is 0 Å². The van der Waals surface area contributed by atoms with Gasteiger partial charge in [0.05, 0.1) is 15.9 Å². The summed E-state index contributed by atoms with van der Waals surface area (Å²) < 4.78 is 5.45. The second kappa shape index (κ2) is 5.45. The lowest BCUT2D eigenvalue weighted by Gasteiger charge is -2.09. The Balaban J connectivity index is 2.48. The average molecular weight is 289 g/mol. The molecule has 0 saturated carbocycles. The van der Waals surface area contributed by atoms with Crippen LogP contribution in [0.1, 0.15) is 5.56 Å². The van der Waals surface area contributed by atoms with Crippen molar-refractivity contribution in [2.45, 2.75) is 6.92 Å². The number of non-ortho nitro benzene ring substituents is 1. The third kappa shape index (κ3) is 3.06. The van der Waals surface area contributed by atoms with Crippen LogP contribution in [0, 0.1) is 27.2 Å². The minimum atomic E-state index is -0.616. The quantitative estimate of drug-likeness (QED) is 0.524. The molecule has 0 bridgehead atoms. The van der Waals surface area contributed by atoms with Crippen molar-refractivity contribution in [2.75, 3.05) is 5.73 Å². The molecule has 2 rings (SSSR count). The fourth-order valence-corrected chi connectivity index (χ4v) is 1.80. The van der Waals surface area contributed by atoms with E-state index in [1.807, 2.05) is 0 Å². The first kappa shape index (κ1) is 14.3. The molecular formula is C13H11N3O5. The number of rotatable bonds is 4. The zero-order valence-corrected chi connectivity index (χ0v) is 11.0. The molecule has 0 radical (unpaired) electrons. The van der Waals surface area contributed by atoms with Crippen LogP contribution in [0.2, 0.25) is 0 Å². The van der Waals surface area contributed by atoms with E-state index >= 15 is 0 Å². The predicted octanol–water partition coefficient (Wildman–Crippen LogP) is 3.19. The standard InChI is InChI=1S/C13H11N3O5/c1-8-3-2-4-12(16(19)20)13(8)21-11-6-9(14)5-10(7-11)15(17)18/h2-7H,14H2,1H3. The summed E-state index contributed by atoms with van der Waals surface area (Å²) in [6.07, 6.45) is 0. The highest BCUT2D eigenvalue weighted by molar-refractivity contribution is 5.57. The lowest BCUT2D eigenvalue weighted by atomic mass is 10.2. The van der Waals surface area contributed by atoms with Crippen molar-refractivity contribution in [3.63, 3.8) is 0 Å². The van der Waals surface area contributed by atoms with Gasteiger partial charge in [0.2, 0.25) is 5.75 Å². The van der Waals surface area contributed by atoms with Crippen molar-refractivity contribution in [3.8, 4) is 11.5 Å². The van der Waals surface area contributed by atoms with Crippen LogP contribution in [-0.2, 0) is 0 Å². The van der Waals surface area contributed by atoms with Gasteiger partial charge >= 0.3 is 5.69 Å². The fourth-order valence-electron chi connectivity index (χ4n) is 1.80. The number of hydrogen-bond acceptors (Lipinski definition) is 6. The maximum absolute atomic E-state index is 11.0. The molecule has 0 spiro atoms. The molecule has 0 aromatic heterocycles. The molecule has 0 saturated heterocycles. The summed E-state index contributed by atoms with van der Waals surface area (Å²) in [5, 5.41) is 21.8. The number of aryl methyl sites for hydroxylation is 1. The summed E-state index contributed by atoms with van der Waals surface area (Å²) in [5.74, 6) is 0.0986.